The number of hydrogen-bond donors (Lipinski definition) is 2. The molecule has 33 heavy (non-hydrogen) atoms. The van der Waals surface area contributed by atoms with E-state index in [1.807, 2.05) is 0 Å². The molecule has 1 spiro atoms. The first-order chi connectivity index (χ1) is 15.9. The standard InChI is InChI=1S/C24H28N4O5/c29-20-2-1-18(21(30)26-20)28-22(31)16-9-15-3-4-24(33-19(15)10-17(16)23(28)32)5-7-27(8-6-24)13-14-11-25-12-14/h9-10,14,18,25H,1-8,11-13H2,(H,26,29,30). The summed E-state index contributed by atoms with van der Waals surface area (Å²) in [5, 5.41) is 5.57. The Balaban J connectivity index is 1.20. The Bertz CT molecular complexity index is 1060. The third-order valence-corrected chi connectivity index (χ3v) is 7.95. The van der Waals surface area contributed by atoms with E-state index in [0.29, 0.717) is 11.3 Å². The summed E-state index contributed by atoms with van der Waals surface area (Å²) < 4.78 is 6.53. The van der Waals surface area contributed by atoms with Gasteiger partial charge in [-0.2, -0.15) is 0 Å². The van der Waals surface area contributed by atoms with Gasteiger partial charge in [0.05, 0.1) is 11.1 Å². The highest BCUT2D eigenvalue weighted by Crippen LogP contribution is 2.42. The molecule has 0 bridgehead atoms. The molecular formula is C24H28N4O5. The average Bonchev–Trinajstić information content (AvgIpc) is 3.00. The molecule has 5 aliphatic rings. The van der Waals surface area contributed by atoms with Crippen LogP contribution in [0.5, 0.6) is 5.75 Å². The molecule has 5 aliphatic heterocycles. The number of imide groups is 2. The van der Waals surface area contributed by atoms with E-state index in [0.717, 1.165) is 74.8 Å². The maximum absolute atomic E-state index is 13.1. The van der Waals surface area contributed by atoms with E-state index in [1.165, 1.54) is 0 Å². The van der Waals surface area contributed by atoms with Crippen molar-refractivity contribution in [1.82, 2.24) is 20.4 Å². The lowest BCUT2D eigenvalue weighted by Crippen LogP contribution is -2.54. The Morgan fingerprint density at radius 2 is 1.70 bits per heavy atom. The van der Waals surface area contributed by atoms with Crippen LogP contribution in [-0.4, -0.2) is 77.8 Å². The molecule has 4 amide bonds. The van der Waals surface area contributed by atoms with Crippen molar-refractivity contribution >= 4 is 23.6 Å². The summed E-state index contributed by atoms with van der Waals surface area (Å²) in [6.45, 7) is 5.38. The number of carbonyl (C=O) groups is 4. The maximum Gasteiger partial charge on any atom is 0.262 e. The van der Waals surface area contributed by atoms with Crippen LogP contribution in [0, 0.1) is 5.92 Å². The number of nitrogens with one attached hydrogen (secondary N) is 2. The summed E-state index contributed by atoms with van der Waals surface area (Å²) >= 11 is 0. The van der Waals surface area contributed by atoms with Gasteiger partial charge in [-0.1, -0.05) is 0 Å². The quantitative estimate of drug-likeness (QED) is 0.642. The molecule has 6 rings (SSSR count). The first-order valence-electron chi connectivity index (χ1n) is 11.9. The lowest BCUT2D eigenvalue weighted by molar-refractivity contribution is -0.136. The minimum atomic E-state index is -0.949. The SMILES string of the molecule is O=C1CCC(N2C(=O)c3cc4c(cc3C2=O)OC2(CC4)CCN(CC3CNC3)CC2)C(=O)N1. The van der Waals surface area contributed by atoms with Gasteiger partial charge in [-0.25, -0.2) is 0 Å². The van der Waals surface area contributed by atoms with Gasteiger partial charge < -0.3 is 15.0 Å². The van der Waals surface area contributed by atoms with Gasteiger partial charge in [0, 0.05) is 39.1 Å². The number of benzene rings is 1. The highest BCUT2D eigenvalue weighted by Gasteiger charge is 2.46. The zero-order valence-corrected chi connectivity index (χ0v) is 18.5. The molecular weight excluding hydrogens is 424 g/mol. The summed E-state index contributed by atoms with van der Waals surface area (Å²) in [5.74, 6) is -0.484. The molecule has 1 aromatic rings. The van der Waals surface area contributed by atoms with Crippen molar-refractivity contribution in [2.24, 2.45) is 5.92 Å². The number of amides is 4. The number of nitrogens with zero attached hydrogens (tertiary/aromatic N) is 2. The van der Waals surface area contributed by atoms with E-state index in [9.17, 15) is 19.2 Å². The fraction of sp³-hybridized carbons (Fsp3) is 0.583. The molecule has 9 heteroatoms. The second-order valence-corrected chi connectivity index (χ2v) is 10.1. The normalized spacial score (nSPS) is 27.2. The van der Waals surface area contributed by atoms with Gasteiger partial charge in [0.2, 0.25) is 11.8 Å². The van der Waals surface area contributed by atoms with Gasteiger partial charge in [0.1, 0.15) is 17.4 Å². The van der Waals surface area contributed by atoms with Crippen LogP contribution in [0.3, 0.4) is 0 Å². The molecule has 0 saturated carbocycles. The van der Waals surface area contributed by atoms with E-state index in [2.05, 4.69) is 15.5 Å². The molecule has 9 nitrogen and oxygen atoms in total. The zero-order valence-electron chi connectivity index (χ0n) is 18.5. The van der Waals surface area contributed by atoms with Crippen molar-refractivity contribution in [3.63, 3.8) is 0 Å². The first kappa shape index (κ1) is 20.8. The van der Waals surface area contributed by atoms with Crippen LogP contribution in [-0.2, 0) is 16.0 Å². The summed E-state index contributed by atoms with van der Waals surface area (Å²) in [4.78, 5) is 53.5. The van der Waals surface area contributed by atoms with Crippen LogP contribution < -0.4 is 15.4 Å². The number of piperidine rings is 2. The molecule has 0 aliphatic carbocycles. The van der Waals surface area contributed by atoms with Crippen molar-refractivity contribution in [2.75, 3.05) is 32.7 Å². The van der Waals surface area contributed by atoms with Gasteiger partial charge in [-0.15, -0.1) is 0 Å². The van der Waals surface area contributed by atoms with Crippen LogP contribution in [0.25, 0.3) is 0 Å². The molecule has 2 N–H and O–H groups in total. The second-order valence-electron chi connectivity index (χ2n) is 10.1. The molecule has 1 aromatic carbocycles. The lowest BCUT2D eigenvalue weighted by atomic mass is 9.82. The van der Waals surface area contributed by atoms with E-state index >= 15 is 0 Å². The van der Waals surface area contributed by atoms with E-state index in [4.69, 9.17) is 4.74 Å². The number of aryl methyl sites for hydroxylation is 1. The predicted molar refractivity (Wildman–Crippen MR) is 117 cm³/mol. The van der Waals surface area contributed by atoms with Crippen molar-refractivity contribution in [2.45, 2.75) is 50.2 Å². The summed E-state index contributed by atoms with van der Waals surface area (Å²) in [6.07, 6.45) is 3.88. The fourth-order valence-electron chi connectivity index (χ4n) is 5.82. The van der Waals surface area contributed by atoms with E-state index in [-0.39, 0.29) is 29.9 Å². The Kier molecular flexibility index (Phi) is 4.81. The molecule has 174 valence electrons. The number of likely N-dealkylation sites (tertiary alicyclic amines) is 1. The molecule has 0 aromatic heterocycles. The third-order valence-electron chi connectivity index (χ3n) is 7.95. The summed E-state index contributed by atoms with van der Waals surface area (Å²) in [6, 6.07) is 2.52. The van der Waals surface area contributed by atoms with Crippen molar-refractivity contribution in [3.8, 4) is 5.75 Å². The number of carbonyl (C=O) groups excluding carboxylic acids is 4. The average molecular weight is 453 g/mol. The van der Waals surface area contributed by atoms with Crippen LogP contribution in [0.15, 0.2) is 12.1 Å². The number of ether oxygens (including phenoxy) is 1. The number of rotatable bonds is 3. The lowest BCUT2D eigenvalue weighted by Gasteiger charge is -2.46. The minimum Gasteiger partial charge on any atom is -0.487 e. The van der Waals surface area contributed by atoms with E-state index < -0.39 is 23.8 Å². The Hall–Kier alpha value is -2.78. The zero-order chi connectivity index (χ0) is 22.7. The Morgan fingerprint density at radius 3 is 2.36 bits per heavy atom. The number of hydrogen-bond acceptors (Lipinski definition) is 7. The van der Waals surface area contributed by atoms with Gasteiger partial charge in [-0.05, 0) is 55.7 Å². The van der Waals surface area contributed by atoms with Crippen LogP contribution in [0.1, 0.15) is 58.4 Å². The van der Waals surface area contributed by atoms with Crippen LogP contribution >= 0.6 is 0 Å². The Morgan fingerprint density at radius 1 is 0.970 bits per heavy atom. The fourth-order valence-corrected chi connectivity index (χ4v) is 5.82. The monoisotopic (exact) mass is 452 g/mol. The van der Waals surface area contributed by atoms with Gasteiger partial charge in [0.25, 0.3) is 11.8 Å². The van der Waals surface area contributed by atoms with E-state index in [1.54, 1.807) is 12.1 Å². The smallest absolute Gasteiger partial charge is 0.262 e. The molecule has 3 saturated heterocycles. The van der Waals surface area contributed by atoms with Crippen molar-refractivity contribution < 1.29 is 23.9 Å². The second kappa shape index (κ2) is 7.63. The summed E-state index contributed by atoms with van der Waals surface area (Å²) in [7, 11) is 0. The predicted octanol–water partition coefficient (Wildman–Crippen LogP) is 0.467. The topological polar surface area (TPSA) is 108 Å². The third kappa shape index (κ3) is 3.45. The number of fused-ring (bicyclic) bond motifs is 2. The molecule has 0 radical (unpaired) electrons. The largest absolute Gasteiger partial charge is 0.487 e. The molecule has 5 heterocycles. The molecule has 3 fully saturated rings. The van der Waals surface area contributed by atoms with Gasteiger partial charge in [-0.3, -0.25) is 29.4 Å². The highest BCUT2D eigenvalue weighted by atomic mass is 16.5. The summed E-state index contributed by atoms with van der Waals surface area (Å²) in [5.41, 5.74) is 1.33. The van der Waals surface area contributed by atoms with Gasteiger partial charge >= 0.3 is 0 Å². The van der Waals surface area contributed by atoms with Gasteiger partial charge in [0.15, 0.2) is 0 Å². The Labute approximate surface area is 191 Å². The minimum absolute atomic E-state index is 0.111. The first-order valence-corrected chi connectivity index (χ1v) is 11.9. The maximum atomic E-state index is 13.1. The molecule has 1 unspecified atom stereocenters. The molecule has 1 atom stereocenters. The van der Waals surface area contributed by atoms with Crippen molar-refractivity contribution in [3.05, 3.63) is 28.8 Å². The van der Waals surface area contributed by atoms with Crippen LogP contribution in [0.4, 0.5) is 0 Å². The highest BCUT2D eigenvalue weighted by molar-refractivity contribution is 6.23. The van der Waals surface area contributed by atoms with Crippen molar-refractivity contribution in [1.29, 1.82) is 0 Å². The van der Waals surface area contributed by atoms with Crippen LogP contribution in [0.2, 0.25) is 0 Å².